The summed E-state index contributed by atoms with van der Waals surface area (Å²) >= 11 is 0. The van der Waals surface area contributed by atoms with Crippen molar-refractivity contribution in [3.05, 3.63) is 0 Å². The summed E-state index contributed by atoms with van der Waals surface area (Å²) < 4.78 is 0. The normalized spacial score (nSPS) is 4.00. The third-order valence-electron chi connectivity index (χ3n) is 0.158. The monoisotopic (exact) mass is 161 g/mol. The quantitative estimate of drug-likeness (QED) is 0.485. The van der Waals surface area contributed by atoms with Gasteiger partial charge < -0.3 is 0 Å². The van der Waals surface area contributed by atoms with E-state index in [-0.39, 0.29) is 20.4 Å². The fourth-order valence-corrected chi connectivity index (χ4v) is 0. The molecule has 1 nitrogen and oxygen atoms in total. The molecule has 0 unspecified atom stereocenters. The number of nitriles is 1. The molecule has 0 bridgehead atoms. The Morgan fingerprint density at radius 2 is 2.00 bits per heavy atom. The van der Waals surface area contributed by atoms with Crippen molar-refractivity contribution in [3.63, 3.8) is 0 Å². The van der Waals surface area contributed by atoms with E-state index in [9.17, 15) is 0 Å². The van der Waals surface area contributed by atoms with Crippen LogP contribution >= 0.6 is 0 Å². The SMILES string of the molecule is CCC#N.[Pd]. The first-order valence-corrected chi connectivity index (χ1v) is 1.28. The summed E-state index contributed by atoms with van der Waals surface area (Å²) in [4.78, 5) is 0. The fraction of sp³-hybridized carbons (Fsp3) is 0.667. The zero-order chi connectivity index (χ0) is 3.41. The Morgan fingerprint density at radius 3 is 2.00 bits per heavy atom. The maximum atomic E-state index is 7.62. The molecule has 0 N–H and O–H groups in total. The standard InChI is InChI=1S/C3H5N.Pd/c1-2-3-4;/h2H2,1H3;. The van der Waals surface area contributed by atoms with Crippen molar-refractivity contribution in [2.75, 3.05) is 0 Å². The molecule has 32 valence electrons. The Morgan fingerprint density at radius 1 is 1.80 bits per heavy atom. The third kappa shape index (κ3) is 14.5. The average Bonchev–Trinajstić information content (AvgIpc) is 1.37. The van der Waals surface area contributed by atoms with Gasteiger partial charge in [0, 0.05) is 26.8 Å². The minimum absolute atomic E-state index is 0. The first-order chi connectivity index (χ1) is 1.91. The molecule has 5 heavy (non-hydrogen) atoms. The molecule has 0 aliphatic rings. The molecule has 0 aliphatic heterocycles. The molecule has 0 saturated carbocycles. The minimum atomic E-state index is 0. The van der Waals surface area contributed by atoms with Crippen LogP contribution in [0.1, 0.15) is 13.3 Å². The molecule has 0 rings (SSSR count). The van der Waals surface area contributed by atoms with Gasteiger partial charge in [0.25, 0.3) is 0 Å². The molecule has 0 aromatic rings. The van der Waals surface area contributed by atoms with Crippen LogP contribution in [0, 0.1) is 11.3 Å². The van der Waals surface area contributed by atoms with E-state index in [4.69, 9.17) is 5.26 Å². The van der Waals surface area contributed by atoms with Crippen LogP contribution in [-0.2, 0) is 20.4 Å². The van der Waals surface area contributed by atoms with Gasteiger partial charge in [0.15, 0.2) is 0 Å². The van der Waals surface area contributed by atoms with E-state index in [1.54, 1.807) is 0 Å². The van der Waals surface area contributed by atoms with Crippen molar-refractivity contribution in [3.8, 4) is 6.07 Å². The maximum absolute atomic E-state index is 7.62. The summed E-state index contributed by atoms with van der Waals surface area (Å²) in [7, 11) is 0. The van der Waals surface area contributed by atoms with E-state index < -0.39 is 0 Å². The summed E-state index contributed by atoms with van der Waals surface area (Å²) in [6.07, 6.45) is 0.625. The molecule has 2 heteroatoms. The van der Waals surface area contributed by atoms with E-state index in [1.807, 2.05) is 13.0 Å². The van der Waals surface area contributed by atoms with Gasteiger partial charge in [0.2, 0.25) is 0 Å². The van der Waals surface area contributed by atoms with Gasteiger partial charge in [-0.2, -0.15) is 5.26 Å². The maximum Gasteiger partial charge on any atom is 0.0618 e. The van der Waals surface area contributed by atoms with Gasteiger partial charge in [-0.05, 0) is 0 Å². The summed E-state index contributed by atoms with van der Waals surface area (Å²) in [6, 6.07) is 1.93. The van der Waals surface area contributed by atoms with Crippen LogP contribution in [-0.4, -0.2) is 0 Å². The van der Waals surface area contributed by atoms with Gasteiger partial charge in [-0.15, -0.1) is 0 Å². The summed E-state index contributed by atoms with van der Waals surface area (Å²) in [6.45, 7) is 1.82. The smallest absolute Gasteiger partial charge is 0.0618 e. The Labute approximate surface area is 45.6 Å². The molecule has 0 spiro atoms. The second kappa shape index (κ2) is 8.91. The first-order valence-electron chi connectivity index (χ1n) is 1.28. The predicted octanol–water partition coefficient (Wildman–Crippen LogP) is 0.917. The van der Waals surface area contributed by atoms with Crippen molar-refractivity contribution in [2.45, 2.75) is 13.3 Å². The van der Waals surface area contributed by atoms with Gasteiger partial charge >= 0.3 is 0 Å². The Hall–Kier alpha value is 0.152. The molecule has 0 fully saturated rings. The van der Waals surface area contributed by atoms with E-state index in [0.29, 0.717) is 6.42 Å². The van der Waals surface area contributed by atoms with Crippen LogP contribution < -0.4 is 0 Å². The summed E-state index contributed by atoms with van der Waals surface area (Å²) in [5, 5.41) is 7.62. The molecule has 0 atom stereocenters. The molecule has 0 radical (unpaired) electrons. The van der Waals surface area contributed by atoms with Crippen LogP contribution in [0.4, 0.5) is 0 Å². The number of hydrogen-bond donors (Lipinski definition) is 0. The van der Waals surface area contributed by atoms with Crippen molar-refractivity contribution < 1.29 is 20.4 Å². The predicted molar refractivity (Wildman–Crippen MR) is 15.9 cm³/mol. The zero-order valence-corrected chi connectivity index (χ0v) is 4.53. The van der Waals surface area contributed by atoms with Crippen LogP contribution in [0.2, 0.25) is 0 Å². The molecular formula is C3H5NPd. The van der Waals surface area contributed by atoms with Gasteiger partial charge in [0.05, 0.1) is 6.07 Å². The average molecular weight is 162 g/mol. The minimum Gasteiger partial charge on any atom is -0.198 e. The zero-order valence-electron chi connectivity index (χ0n) is 2.97. The summed E-state index contributed by atoms with van der Waals surface area (Å²) in [5.74, 6) is 0. The van der Waals surface area contributed by atoms with Crippen LogP contribution in [0.25, 0.3) is 0 Å². The van der Waals surface area contributed by atoms with E-state index in [0.717, 1.165) is 0 Å². The number of rotatable bonds is 0. The van der Waals surface area contributed by atoms with Gasteiger partial charge in [0.1, 0.15) is 0 Å². The van der Waals surface area contributed by atoms with E-state index in [2.05, 4.69) is 0 Å². The summed E-state index contributed by atoms with van der Waals surface area (Å²) in [5.41, 5.74) is 0. The Kier molecular flexibility index (Phi) is 15.9. The van der Waals surface area contributed by atoms with Crippen molar-refractivity contribution in [2.24, 2.45) is 0 Å². The van der Waals surface area contributed by atoms with Crippen molar-refractivity contribution >= 4 is 0 Å². The Balaban J connectivity index is 0. The van der Waals surface area contributed by atoms with Crippen molar-refractivity contribution in [1.82, 2.24) is 0 Å². The molecule has 0 aliphatic carbocycles. The Bertz CT molecular complexity index is 36.6. The second-order valence-corrected chi connectivity index (χ2v) is 0.512. The molecule has 0 saturated heterocycles. The molecule has 0 aromatic carbocycles. The van der Waals surface area contributed by atoms with Crippen LogP contribution in [0.15, 0.2) is 0 Å². The van der Waals surface area contributed by atoms with Gasteiger partial charge in [-0.3, -0.25) is 0 Å². The molecule has 0 heterocycles. The van der Waals surface area contributed by atoms with Gasteiger partial charge in [-0.25, -0.2) is 0 Å². The van der Waals surface area contributed by atoms with Crippen LogP contribution in [0.3, 0.4) is 0 Å². The number of hydrogen-bond acceptors (Lipinski definition) is 1. The fourth-order valence-electron chi connectivity index (χ4n) is 0. The number of nitrogens with zero attached hydrogens (tertiary/aromatic N) is 1. The molecule has 0 aromatic heterocycles. The van der Waals surface area contributed by atoms with Crippen molar-refractivity contribution in [1.29, 1.82) is 5.26 Å². The van der Waals surface area contributed by atoms with Gasteiger partial charge in [-0.1, -0.05) is 6.92 Å². The second-order valence-electron chi connectivity index (χ2n) is 0.512. The van der Waals surface area contributed by atoms with E-state index in [1.165, 1.54) is 0 Å². The van der Waals surface area contributed by atoms with E-state index >= 15 is 0 Å². The molecular weight excluding hydrogens is 156 g/mol. The topological polar surface area (TPSA) is 23.8 Å². The molecule has 0 amide bonds. The first kappa shape index (κ1) is 8.94. The largest absolute Gasteiger partial charge is 0.198 e. The third-order valence-corrected chi connectivity index (χ3v) is 0.158. The van der Waals surface area contributed by atoms with Crippen LogP contribution in [0.5, 0.6) is 0 Å².